The number of carbonyl (C=O) groups is 1. The Balaban J connectivity index is 1.75. The summed E-state index contributed by atoms with van der Waals surface area (Å²) in [5, 5.41) is 0. The number of likely N-dealkylation sites (tertiary alicyclic amines) is 2. The third kappa shape index (κ3) is 3.60. The Hall–Kier alpha value is -0.290. The Labute approximate surface area is 119 Å². The van der Waals surface area contributed by atoms with E-state index in [0.717, 1.165) is 36.8 Å². The molecule has 1 amide bonds. The zero-order valence-corrected chi connectivity index (χ0v) is 12.7. The van der Waals surface area contributed by atoms with Crippen LogP contribution in [-0.4, -0.2) is 51.5 Å². The average molecular weight is 286 g/mol. The number of amides is 1. The molecule has 0 N–H and O–H groups in total. The Bertz CT molecular complexity index is 316. The molecule has 0 spiro atoms. The highest BCUT2D eigenvalue weighted by Gasteiger charge is 2.24. The SMILES string of the molecule is CC1CCCCN1C(=O)CSC(=S)N1CCCC1. The topological polar surface area (TPSA) is 23.6 Å². The minimum atomic E-state index is 0.258. The fraction of sp³-hybridized carbons (Fsp3) is 0.846. The van der Waals surface area contributed by atoms with Gasteiger partial charge in [0.1, 0.15) is 4.32 Å². The molecule has 1 atom stereocenters. The Kier molecular flexibility index (Phi) is 5.30. The smallest absolute Gasteiger partial charge is 0.233 e. The second-order valence-corrected chi connectivity index (χ2v) is 6.79. The molecule has 2 fully saturated rings. The van der Waals surface area contributed by atoms with Crippen LogP contribution < -0.4 is 0 Å². The third-order valence-electron chi connectivity index (χ3n) is 3.81. The van der Waals surface area contributed by atoms with Crippen LogP contribution in [0.5, 0.6) is 0 Å². The summed E-state index contributed by atoms with van der Waals surface area (Å²) in [6, 6.07) is 0.409. The molecule has 2 aliphatic heterocycles. The van der Waals surface area contributed by atoms with E-state index in [1.165, 1.54) is 19.3 Å². The van der Waals surface area contributed by atoms with Gasteiger partial charge >= 0.3 is 0 Å². The summed E-state index contributed by atoms with van der Waals surface area (Å²) < 4.78 is 0.908. The Morgan fingerprint density at radius 1 is 1.22 bits per heavy atom. The van der Waals surface area contributed by atoms with Crippen molar-refractivity contribution in [2.75, 3.05) is 25.4 Å². The van der Waals surface area contributed by atoms with Gasteiger partial charge in [0.05, 0.1) is 5.75 Å². The fourth-order valence-electron chi connectivity index (χ4n) is 2.67. The lowest BCUT2D eigenvalue weighted by molar-refractivity contribution is -0.131. The van der Waals surface area contributed by atoms with Crippen molar-refractivity contribution < 1.29 is 4.79 Å². The molecule has 18 heavy (non-hydrogen) atoms. The monoisotopic (exact) mass is 286 g/mol. The van der Waals surface area contributed by atoms with E-state index in [-0.39, 0.29) is 5.91 Å². The standard InChI is InChI=1S/C13H22N2OS2/c1-11-6-2-3-9-15(11)12(16)10-18-13(17)14-7-4-5-8-14/h11H,2-10H2,1H3. The molecule has 0 aliphatic carbocycles. The van der Waals surface area contributed by atoms with Crippen LogP contribution in [0.2, 0.25) is 0 Å². The first kappa shape index (κ1) is 14.1. The number of rotatable bonds is 2. The fourth-order valence-corrected chi connectivity index (χ4v) is 3.80. The van der Waals surface area contributed by atoms with Crippen molar-refractivity contribution in [1.82, 2.24) is 9.80 Å². The minimum absolute atomic E-state index is 0.258. The van der Waals surface area contributed by atoms with Crippen LogP contribution in [0, 0.1) is 0 Å². The van der Waals surface area contributed by atoms with Crippen molar-refractivity contribution in [3.05, 3.63) is 0 Å². The molecule has 0 bridgehead atoms. The molecule has 2 rings (SSSR count). The van der Waals surface area contributed by atoms with Crippen LogP contribution >= 0.6 is 24.0 Å². The molecule has 3 nitrogen and oxygen atoms in total. The normalized spacial score (nSPS) is 24.4. The van der Waals surface area contributed by atoms with Crippen molar-refractivity contribution in [3.8, 4) is 0 Å². The zero-order chi connectivity index (χ0) is 13.0. The second-order valence-electron chi connectivity index (χ2n) is 5.18. The van der Waals surface area contributed by atoms with E-state index in [2.05, 4.69) is 11.8 Å². The highest BCUT2D eigenvalue weighted by atomic mass is 32.2. The first-order chi connectivity index (χ1) is 8.68. The quantitative estimate of drug-likeness (QED) is 0.728. The molecular formula is C13H22N2OS2. The van der Waals surface area contributed by atoms with Gasteiger partial charge in [-0.2, -0.15) is 0 Å². The number of hydrogen-bond donors (Lipinski definition) is 0. The van der Waals surface area contributed by atoms with Gasteiger partial charge in [0.25, 0.3) is 0 Å². The average Bonchev–Trinajstić information content (AvgIpc) is 2.90. The largest absolute Gasteiger partial charge is 0.358 e. The Morgan fingerprint density at radius 2 is 1.89 bits per heavy atom. The first-order valence-corrected chi connectivity index (χ1v) is 8.29. The molecule has 2 heterocycles. The Morgan fingerprint density at radius 3 is 2.56 bits per heavy atom. The predicted molar refractivity (Wildman–Crippen MR) is 80.9 cm³/mol. The molecule has 1 unspecified atom stereocenters. The van der Waals surface area contributed by atoms with Gasteiger partial charge in [-0.25, -0.2) is 0 Å². The number of thiocarbonyl (C=S) groups is 1. The van der Waals surface area contributed by atoms with Gasteiger partial charge in [0.15, 0.2) is 0 Å². The highest BCUT2D eigenvalue weighted by Crippen LogP contribution is 2.20. The van der Waals surface area contributed by atoms with Crippen molar-refractivity contribution in [1.29, 1.82) is 0 Å². The summed E-state index contributed by atoms with van der Waals surface area (Å²) in [6.07, 6.45) is 6.02. The van der Waals surface area contributed by atoms with Crippen molar-refractivity contribution >= 4 is 34.2 Å². The van der Waals surface area contributed by atoms with Gasteiger partial charge in [-0.3, -0.25) is 4.79 Å². The van der Waals surface area contributed by atoms with Crippen molar-refractivity contribution in [2.45, 2.75) is 45.1 Å². The maximum absolute atomic E-state index is 12.2. The van der Waals surface area contributed by atoms with E-state index in [9.17, 15) is 4.79 Å². The van der Waals surface area contributed by atoms with Crippen molar-refractivity contribution in [2.24, 2.45) is 0 Å². The molecule has 102 valence electrons. The van der Waals surface area contributed by atoms with Gasteiger partial charge in [0.2, 0.25) is 5.91 Å². The van der Waals surface area contributed by atoms with Crippen LogP contribution in [-0.2, 0) is 4.79 Å². The molecule has 0 saturated carbocycles. The molecule has 5 heteroatoms. The molecular weight excluding hydrogens is 264 g/mol. The summed E-state index contributed by atoms with van der Waals surface area (Å²) in [4.78, 5) is 16.4. The van der Waals surface area contributed by atoms with Gasteiger partial charge in [0, 0.05) is 25.7 Å². The van der Waals surface area contributed by atoms with E-state index < -0.39 is 0 Å². The van der Waals surface area contributed by atoms with Gasteiger partial charge in [-0.15, -0.1) is 0 Å². The summed E-state index contributed by atoms with van der Waals surface area (Å²) in [7, 11) is 0. The third-order valence-corrected chi connectivity index (χ3v) is 5.31. The van der Waals surface area contributed by atoms with Crippen LogP contribution in [0.3, 0.4) is 0 Å². The first-order valence-electron chi connectivity index (χ1n) is 6.89. The van der Waals surface area contributed by atoms with Gasteiger partial charge < -0.3 is 9.80 Å². The number of thioether (sulfide) groups is 1. The minimum Gasteiger partial charge on any atom is -0.358 e. The van der Waals surface area contributed by atoms with Crippen molar-refractivity contribution in [3.63, 3.8) is 0 Å². The summed E-state index contributed by atoms with van der Waals surface area (Å²) in [6.45, 7) is 5.22. The lowest BCUT2D eigenvalue weighted by atomic mass is 10.0. The summed E-state index contributed by atoms with van der Waals surface area (Å²) in [5.74, 6) is 0.772. The van der Waals surface area contributed by atoms with Gasteiger partial charge in [-0.05, 0) is 39.0 Å². The number of carbonyl (C=O) groups excluding carboxylic acids is 1. The van der Waals surface area contributed by atoms with E-state index in [4.69, 9.17) is 12.2 Å². The molecule has 2 saturated heterocycles. The van der Waals surface area contributed by atoms with Crippen LogP contribution in [0.4, 0.5) is 0 Å². The summed E-state index contributed by atoms with van der Waals surface area (Å²) in [5.41, 5.74) is 0. The summed E-state index contributed by atoms with van der Waals surface area (Å²) >= 11 is 6.92. The molecule has 0 aromatic rings. The van der Waals surface area contributed by atoms with Crippen LogP contribution in [0.25, 0.3) is 0 Å². The molecule has 0 radical (unpaired) electrons. The zero-order valence-electron chi connectivity index (χ0n) is 11.1. The lowest BCUT2D eigenvalue weighted by Crippen LogP contribution is -2.43. The number of nitrogens with zero attached hydrogens (tertiary/aromatic N) is 2. The van der Waals surface area contributed by atoms with E-state index in [1.54, 1.807) is 11.8 Å². The molecule has 2 aliphatic rings. The van der Waals surface area contributed by atoms with E-state index >= 15 is 0 Å². The highest BCUT2D eigenvalue weighted by molar-refractivity contribution is 8.23. The van der Waals surface area contributed by atoms with Crippen LogP contribution in [0.15, 0.2) is 0 Å². The number of hydrogen-bond acceptors (Lipinski definition) is 3. The van der Waals surface area contributed by atoms with Gasteiger partial charge in [-0.1, -0.05) is 24.0 Å². The predicted octanol–water partition coefficient (Wildman–Crippen LogP) is 2.50. The second kappa shape index (κ2) is 6.75. The lowest BCUT2D eigenvalue weighted by Gasteiger charge is -2.33. The molecule has 0 aromatic carbocycles. The maximum atomic E-state index is 12.2. The van der Waals surface area contributed by atoms with E-state index in [1.807, 2.05) is 4.90 Å². The number of piperidine rings is 1. The van der Waals surface area contributed by atoms with Crippen LogP contribution in [0.1, 0.15) is 39.0 Å². The molecule has 0 aromatic heterocycles. The maximum Gasteiger partial charge on any atom is 0.233 e. The van der Waals surface area contributed by atoms with E-state index in [0.29, 0.717) is 11.8 Å².